The van der Waals surface area contributed by atoms with E-state index in [4.69, 9.17) is 21.4 Å². The summed E-state index contributed by atoms with van der Waals surface area (Å²) in [6.45, 7) is -0.209. The van der Waals surface area contributed by atoms with Crippen LogP contribution in [0.5, 0.6) is 5.75 Å². The molecule has 1 amide bonds. The van der Waals surface area contributed by atoms with E-state index >= 15 is 0 Å². The summed E-state index contributed by atoms with van der Waals surface area (Å²) in [7, 11) is 0. The van der Waals surface area contributed by atoms with E-state index in [9.17, 15) is 9.59 Å². The van der Waals surface area contributed by atoms with Gasteiger partial charge in [0, 0.05) is 11.8 Å². The first-order chi connectivity index (χ1) is 11.2. The Kier molecular flexibility index (Phi) is 4.20. The summed E-state index contributed by atoms with van der Waals surface area (Å²) in [6, 6.07) is 11.8. The van der Waals surface area contributed by atoms with Crippen LogP contribution in [-0.2, 0) is 4.79 Å². The topological polar surface area (TPSA) is 84.3 Å². The molecule has 23 heavy (non-hydrogen) atoms. The van der Waals surface area contributed by atoms with Gasteiger partial charge in [-0.05, 0) is 36.5 Å². The van der Waals surface area contributed by atoms with Gasteiger partial charge in [0.25, 0.3) is 10.7 Å². The van der Waals surface area contributed by atoms with E-state index in [0.29, 0.717) is 28.9 Å². The molecule has 0 bridgehead atoms. The molecule has 7 heteroatoms. The van der Waals surface area contributed by atoms with Crippen LogP contribution < -0.4 is 10.1 Å². The number of anilines is 1. The van der Waals surface area contributed by atoms with Crippen molar-refractivity contribution in [2.75, 3.05) is 11.9 Å². The predicted octanol–water partition coefficient (Wildman–Crippen LogP) is 3.32. The number of fused-ring (bicyclic) bond motifs is 1. The number of carbonyl (C=O) groups excluding carboxylic acids is 2. The Bertz CT molecular complexity index is 929. The largest absolute Gasteiger partial charge is 0.483 e. The van der Waals surface area contributed by atoms with Gasteiger partial charge in [-0.2, -0.15) is 0 Å². The van der Waals surface area contributed by atoms with Crippen molar-refractivity contribution in [1.82, 2.24) is 4.98 Å². The summed E-state index contributed by atoms with van der Waals surface area (Å²) >= 11 is 4.91. The molecule has 0 saturated carbocycles. The molecular formula is C16H12N2O4S. The molecule has 0 unspecified atom stereocenters. The first kappa shape index (κ1) is 15.0. The fourth-order valence-electron chi connectivity index (χ4n) is 2.07. The summed E-state index contributed by atoms with van der Waals surface area (Å²) < 4.78 is 10.7. The number of carbonyl (C=O) groups is 2. The molecule has 0 atom stereocenters. The minimum absolute atomic E-state index is 0.209. The number of hydrogen-bond acceptors (Lipinski definition) is 5. The number of hydrogen-bond donors (Lipinski definition) is 2. The van der Waals surface area contributed by atoms with Crippen molar-refractivity contribution >= 4 is 41.2 Å². The monoisotopic (exact) mass is 328 g/mol. The molecule has 0 aliphatic rings. The molecule has 3 aromatic rings. The molecule has 1 heterocycles. The highest BCUT2D eigenvalue weighted by Crippen LogP contribution is 2.19. The number of benzene rings is 2. The lowest BCUT2D eigenvalue weighted by Crippen LogP contribution is -2.20. The summed E-state index contributed by atoms with van der Waals surface area (Å²) in [6.07, 6.45) is 0.682. The summed E-state index contributed by atoms with van der Waals surface area (Å²) in [5, 5.41) is 2.69. The van der Waals surface area contributed by atoms with Crippen molar-refractivity contribution in [1.29, 1.82) is 0 Å². The highest BCUT2D eigenvalue weighted by molar-refractivity contribution is 7.71. The third-order valence-corrected chi connectivity index (χ3v) is 3.29. The van der Waals surface area contributed by atoms with Crippen molar-refractivity contribution in [3.8, 4) is 5.75 Å². The first-order valence-corrected chi connectivity index (χ1v) is 7.16. The number of nitrogens with one attached hydrogen (secondary N) is 2. The number of aldehydes is 1. The number of aromatic amines is 1. The fraction of sp³-hybridized carbons (Fsp3) is 0.0625. The van der Waals surface area contributed by atoms with Gasteiger partial charge in [-0.1, -0.05) is 12.1 Å². The zero-order valence-corrected chi connectivity index (χ0v) is 12.7. The van der Waals surface area contributed by atoms with Crippen LogP contribution in [0.4, 0.5) is 5.69 Å². The van der Waals surface area contributed by atoms with Crippen molar-refractivity contribution in [2.24, 2.45) is 0 Å². The molecule has 0 spiro atoms. The van der Waals surface area contributed by atoms with Crippen LogP contribution in [0.25, 0.3) is 11.1 Å². The van der Waals surface area contributed by atoms with Gasteiger partial charge < -0.3 is 19.5 Å². The number of oxazole rings is 1. The highest BCUT2D eigenvalue weighted by Gasteiger charge is 2.08. The van der Waals surface area contributed by atoms with Crippen molar-refractivity contribution in [2.45, 2.75) is 0 Å². The Balaban J connectivity index is 1.66. The van der Waals surface area contributed by atoms with Crippen LogP contribution >= 0.6 is 12.2 Å². The van der Waals surface area contributed by atoms with Crippen LogP contribution in [0.1, 0.15) is 10.4 Å². The Labute approximate surface area is 136 Å². The number of H-pyrrole nitrogens is 1. The number of ether oxygens (including phenoxy) is 1. The van der Waals surface area contributed by atoms with Gasteiger partial charge >= 0.3 is 0 Å². The van der Waals surface area contributed by atoms with E-state index < -0.39 is 0 Å². The van der Waals surface area contributed by atoms with E-state index in [0.717, 1.165) is 5.52 Å². The van der Waals surface area contributed by atoms with Crippen molar-refractivity contribution in [3.05, 3.63) is 52.9 Å². The standard InChI is InChI=1S/C16H12N2O4S/c19-8-10-3-1-2-4-13(10)21-9-15(20)17-11-5-6-12-14(7-11)22-16(23)18-12/h1-8H,9H2,(H,17,20)(H,18,23). The number of aromatic nitrogens is 1. The molecule has 0 fully saturated rings. The third kappa shape index (κ3) is 3.46. The minimum Gasteiger partial charge on any atom is -0.483 e. The second-order valence-electron chi connectivity index (χ2n) is 4.72. The predicted molar refractivity (Wildman–Crippen MR) is 87.4 cm³/mol. The number of rotatable bonds is 5. The zero-order chi connectivity index (χ0) is 16.2. The molecule has 6 nitrogen and oxygen atoms in total. The fourth-order valence-corrected chi connectivity index (χ4v) is 2.27. The van der Waals surface area contributed by atoms with Gasteiger partial charge in [-0.15, -0.1) is 0 Å². The molecule has 0 aliphatic heterocycles. The van der Waals surface area contributed by atoms with E-state index in [2.05, 4.69) is 10.3 Å². The van der Waals surface area contributed by atoms with Crippen LogP contribution in [0, 0.1) is 4.84 Å². The van der Waals surface area contributed by atoms with Gasteiger partial charge in [-0.3, -0.25) is 9.59 Å². The highest BCUT2D eigenvalue weighted by atomic mass is 32.1. The van der Waals surface area contributed by atoms with Gasteiger partial charge in [0.15, 0.2) is 18.5 Å². The molecule has 0 radical (unpaired) electrons. The van der Waals surface area contributed by atoms with Crippen LogP contribution in [0.15, 0.2) is 46.9 Å². The van der Waals surface area contributed by atoms with Gasteiger partial charge in [0.05, 0.1) is 11.1 Å². The smallest absolute Gasteiger partial charge is 0.266 e. The quantitative estimate of drug-likeness (QED) is 0.554. The number of amides is 1. The lowest BCUT2D eigenvalue weighted by Gasteiger charge is -2.08. The SMILES string of the molecule is O=Cc1ccccc1OCC(=O)Nc1ccc2[nH]c(=S)oc2c1. The second kappa shape index (κ2) is 6.45. The number of para-hydroxylation sites is 1. The lowest BCUT2D eigenvalue weighted by atomic mass is 10.2. The summed E-state index contributed by atoms with van der Waals surface area (Å²) in [4.78, 5) is 26.0. The summed E-state index contributed by atoms with van der Waals surface area (Å²) in [5.41, 5.74) is 2.27. The lowest BCUT2D eigenvalue weighted by molar-refractivity contribution is -0.118. The zero-order valence-electron chi connectivity index (χ0n) is 11.9. The molecule has 3 rings (SSSR count). The molecule has 2 N–H and O–H groups in total. The van der Waals surface area contributed by atoms with Crippen LogP contribution in [0.3, 0.4) is 0 Å². The Morgan fingerprint density at radius 2 is 2.13 bits per heavy atom. The van der Waals surface area contributed by atoms with E-state index in [1.165, 1.54) is 0 Å². The summed E-state index contributed by atoms with van der Waals surface area (Å²) in [5.74, 6) is 0.0173. The molecule has 0 aliphatic carbocycles. The van der Waals surface area contributed by atoms with Gasteiger partial charge in [0.1, 0.15) is 5.75 Å². The van der Waals surface area contributed by atoms with Crippen LogP contribution in [0.2, 0.25) is 0 Å². The Morgan fingerprint density at radius 3 is 2.96 bits per heavy atom. The maximum Gasteiger partial charge on any atom is 0.266 e. The third-order valence-electron chi connectivity index (χ3n) is 3.11. The maximum atomic E-state index is 11.9. The van der Waals surface area contributed by atoms with Gasteiger partial charge in [0.2, 0.25) is 0 Å². The van der Waals surface area contributed by atoms with E-state index in [1.54, 1.807) is 42.5 Å². The molecule has 1 aromatic heterocycles. The normalized spacial score (nSPS) is 10.4. The van der Waals surface area contributed by atoms with Crippen molar-refractivity contribution in [3.63, 3.8) is 0 Å². The minimum atomic E-state index is -0.348. The van der Waals surface area contributed by atoms with E-state index in [-0.39, 0.29) is 17.4 Å². The average molecular weight is 328 g/mol. The molecule has 0 saturated heterocycles. The molecular weight excluding hydrogens is 316 g/mol. The van der Waals surface area contributed by atoms with E-state index in [1.807, 2.05) is 0 Å². The first-order valence-electron chi connectivity index (χ1n) is 6.75. The average Bonchev–Trinajstić information content (AvgIpc) is 2.92. The van der Waals surface area contributed by atoms with Gasteiger partial charge in [-0.25, -0.2) is 0 Å². The maximum absolute atomic E-state index is 11.9. The molecule has 2 aromatic carbocycles. The Morgan fingerprint density at radius 1 is 1.30 bits per heavy atom. The Hall–Kier alpha value is -2.93. The van der Waals surface area contributed by atoms with Crippen LogP contribution in [-0.4, -0.2) is 23.8 Å². The van der Waals surface area contributed by atoms with Crippen molar-refractivity contribution < 1.29 is 18.7 Å². The molecule has 116 valence electrons. The second-order valence-corrected chi connectivity index (χ2v) is 5.09.